The largest absolute Gasteiger partial charge is 0.394 e. The Morgan fingerprint density at radius 1 is 1.21 bits per heavy atom. The highest BCUT2D eigenvalue weighted by Gasteiger charge is 2.33. The summed E-state index contributed by atoms with van der Waals surface area (Å²) in [7, 11) is 0. The second-order valence-corrected chi connectivity index (χ2v) is 8.51. The van der Waals surface area contributed by atoms with E-state index in [1.807, 2.05) is 42.5 Å². The molecule has 1 saturated heterocycles. The summed E-state index contributed by atoms with van der Waals surface area (Å²) in [6.45, 7) is -0.402. The Balaban J connectivity index is 1.63. The fourth-order valence-corrected chi connectivity index (χ4v) is 4.28. The number of carbonyl (C=O) groups excluding carboxylic acids is 2. The van der Waals surface area contributed by atoms with E-state index in [4.69, 9.17) is 23.8 Å². The molecule has 150 valence electrons. The van der Waals surface area contributed by atoms with E-state index in [1.165, 1.54) is 4.90 Å². The number of hydrogen-bond acceptors (Lipinski definition) is 5. The van der Waals surface area contributed by atoms with Gasteiger partial charge in [0.05, 0.1) is 17.6 Å². The van der Waals surface area contributed by atoms with E-state index in [0.29, 0.717) is 26.2 Å². The molecule has 0 spiro atoms. The maximum absolute atomic E-state index is 12.7. The second-order valence-electron chi connectivity index (χ2n) is 6.43. The zero-order chi connectivity index (χ0) is 20.8. The zero-order valence-electron chi connectivity index (χ0n) is 15.4. The molecule has 1 atom stereocenters. The highest BCUT2D eigenvalue weighted by Crippen LogP contribution is 2.33. The van der Waals surface area contributed by atoms with Crippen LogP contribution in [0.25, 0.3) is 6.08 Å². The lowest BCUT2D eigenvalue weighted by molar-refractivity contribution is -0.129. The molecular formula is C21H19ClN2O3S2. The lowest BCUT2D eigenvalue weighted by Crippen LogP contribution is -2.45. The molecule has 5 nitrogen and oxygen atoms in total. The molecule has 2 amide bonds. The number of hydrogen-bond donors (Lipinski definition) is 2. The van der Waals surface area contributed by atoms with Crippen molar-refractivity contribution < 1.29 is 14.7 Å². The van der Waals surface area contributed by atoms with Gasteiger partial charge < -0.3 is 10.4 Å². The first-order valence-electron chi connectivity index (χ1n) is 8.92. The number of amides is 2. The van der Waals surface area contributed by atoms with E-state index < -0.39 is 6.04 Å². The molecule has 2 aromatic rings. The van der Waals surface area contributed by atoms with Gasteiger partial charge in [-0.05, 0) is 29.7 Å². The van der Waals surface area contributed by atoms with Gasteiger partial charge in [-0.1, -0.05) is 84.1 Å². The minimum absolute atomic E-state index is 0.199. The Morgan fingerprint density at radius 2 is 1.90 bits per heavy atom. The van der Waals surface area contributed by atoms with Crippen LogP contribution in [0.2, 0.25) is 5.02 Å². The van der Waals surface area contributed by atoms with Crippen LogP contribution < -0.4 is 5.32 Å². The number of aliphatic hydroxyl groups is 1. The molecule has 1 aliphatic rings. The van der Waals surface area contributed by atoms with Crippen molar-refractivity contribution in [3.8, 4) is 0 Å². The molecule has 3 rings (SSSR count). The number of aliphatic hydroxyl groups excluding tert-OH is 1. The average molecular weight is 447 g/mol. The number of thioether (sulfide) groups is 1. The van der Waals surface area contributed by atoms with Crippen LogP contribution in [-0.2, 0) is 16.0 Å². The minimum atomic E-state index is -0.443. The van der Waals surface area contributed by atoms with E-state index in [2.05, 4.69) is 5.32 Å². The number of nitrogens with one attached hydrogen (secondary N) is 1. The van der Waals surface area contributed by atoms with E-state index in [-0.39, 0.29) is 25.0 Å². The predicted molar refractivity (Wildman–Crippen MR) is 120 cm³/mol. The molecule has 1 aliphatic heterocycles. The molecular weight excluding hydrogens is 428 g/mol. The summed E-state index contributed by atoms with van der Waals surface area (Å²) in [5, 5.41) is 12.9. The predicted octanol–water partition coefficient (Wildman–Crippen LogP) is 3.26. The van der Waals surface area contributed by atoms with Crippen molar-refractivity contribution in [1.82, 2.24) is 10.2 Å². The van der Waals surface area contributed by atoms with Gasteiger partial charge in [-0.15, -0.1) is 0 Å². The van der Waals surface area contributed by atoms with Crippen LogP contribution in [0.3, 0.4) is 0 Å². The first kappa shape index (κ1) is 21.5. The van der Waals surface area contributed by atoms with E-state index >= 15 is 0 Å². The monoisotopic (exact) mass is 446 g/mol. The van der Waals surface area contributed by atoms with Crippen LogP contribution in [-0.4, -0.2) is 45.3 Å². The van der Waals surface area contributed by atoms with E-state index in [0.717, 1.165) is 17.3 Å². The Bertz CT molecular complexity index is 950. The third kappa shape index (κ3) is 5.67. The van der Waals surface area contributed by atoms with Gasteiger partial charge in [0.25, 0.3) is 5.91 Å². The van der Waals surface area contributed by atoms with Crippen LogP contribution in [0.4, 0.5) is 0 Å². The standard InChI is InChI=1S/C21H19ClN2O3S2/c22-17-9-5-4-8-15(17)11-18-20(27)24(21(28)29-18)12-19(26)23-16(13-25)10-14-6-2-1-3-7-14/h1-9,11,16,25H,10,12-13H2,(H,23,26). The van der Waals surface area contributed by atoms with Crippen molar-refractivity contribution in [2.45, 2.75) is 12.5 Å². The molecule has 0 radical (unpaired) electrons. The second kappa shape index (κ2) is 10.0. The van der Waals surface area contributed by atoms with E-state index in [1.54, 1.807) is 18.2 Å². The summed E-state index contributed by atoms with van der Waals surface area (Å²) in [5.41, 5.74) is 1.71. The number of nitrogens with zero attached hydrogens (tertiary/aromatic N) is 1. The Morgan fingerprint density at radius 3 is 2.59 bits per heavy atom. The molecule has 0 aromatic heterocycles. The maximum atomic E-state index is 12.7. The third-order valence-electron chi connectivity index (χ3n) is 4.28. The SMILES string of the molecule is O=C(CN1C(=O)C(=Cc2ccccc2Cl)SC1=S)NC(CO)Cc1ccccc1. The molecule has 2 N–H and O–H groups in total. The van der Waals surface area contributed by atoms with Gasteiger partial charge in [0, 0.05) is 5.02 Å². The fraction of sp³-hybridized carbons (Fsp3) is 0.190. The number of benzene rings is 2. The Hall–Kier alpha value is -2.19. The van der Waals surface area contributed by atoms with E-state index in [9.17, 15) is 14.7 Å². The Labute approximate surface area is 183 Å². The number of rotatable bonds is 7. The van der Waals surface area contributed by atoms with Crippen molar-refractivity contribution in [1.29, 1.82) is 0 Å². The van der Waals surface area contributed by atoms with Crippen molar-refractivity contribution in [2.24, 2.45) is 0 Å². The van der Waals surface area contributed by atoms with Gasteiger partial charge in [0.1, 0.15) is 10.9 Å². The molecule has 1 heterocycles. The van der Waals surface area contributed by atoms with Gasteiger partial charge in [-0.2, -0.15) is 0 Å². The van der Waals surface area contributed by atoms with Gasteiger partial charge in [-0.3, -0.25) is 14.5 Å². The summed E-state index contributed by atoms with van der Waals surface area (Å²) in [5.74, 6) is -0.714. The molecule has 0 saturated carbocycles. The van der Waals surface area contributed by atoms with Crippen molar-refractivity contribution in [3.63, 3.8) is 0 Å². The normalized spacial score (nSPS) is 16.3. The number of thiocarbonyl (C=S) groups is 1. The summed E-state index contributed by atoms with van der Waals surface area (Å²) >= 11 is 12.6. The molecule has 1 fully saturated rings. The van der Waals surface area contributed by atoms with Crippen LogP contribution in [0.5, 0.6) is 0 Å². The average Bonchev–Trinajstić information content (AvgIpc) is 2.97. The van der Waals surface area contributed by atoms with Crippen molar-refractivity contribution in [2.75, 3.05) is 13.2 Å². The summed E-state index contributed by atoms with van der Waals surface area (Å²) in [6, 6.07) is 16.3. The molecule has 0 bridgehead atoms. The van der Waals surface area contributed by atoms with Crippen molar-refractivity contribution in [3.05, 3.63) is 75.7 Å². The van der Waals surface area contributed by atoms with Crippen molar-refractivity contribution >= 4 is 57.8 Å². The third-order valence-corrected chi connectivity index (χ3v) is 6.00. The number of carbonyl (C=O) groups is 2. The van der Waals surface area contributed by atoms with Gasteiger partial charge in [0.2, 0.25) is 5.91 Å². The highest BCUT2D eigenvalue weighted by atomic mass is 35.5. The highest BCUT2D eigenvalue weighted by molar-refractivity contribution is 8.26. The molecule has 0 aliphatic carbocycles. The van der Waals surface area contributed by atoms with Gasteiger partial charge >= 0.3 is 0 Å². The summed E-state index contributed by atoms with van der Waals surface area (Å²) in [4.78, 5) is 26.8. The maximum Gasteiger partial charge on any atom is 0.266 e. The first-order chi connectivity index (χ1) is 14.0. The number of halogens is 1. The molecule has 1 unspecified atom stereocenters. The quantitative estimate of drug-likeness (QED) is 0.504. The minimum Gasteiger partial charge on any atom is -0.394 e. The van der Waals surface area contributed by atoms with Crippen LogP contribution in [0, 0.1) is 0 Å². The van der Waals surface area contributed by atoms with Crippen LogP contribution in [0.1, 0.15) is 11.1 Å². The zero-order valence-corrected chi connectivity index (χ0v) is 17.8. The Kier molecular flexibility index (Phi) is 7.44. The topological polar surface area (TPSA) is 69.6 Å². The molecule has 8 heteroatoms. The molecule has 2 aromatic carbocycles. The van der Waals surface area contributed by atoms with Gasteiger partial charge in [-0.25, -0.2) is 0 Å². The van der Waals surface area contributed by atoms with Crippen LogP contribution in [0.15, 0.2) is 59.5 Å². The first-order valence-corrected chi connectivity index (χ1v) is 10.5. The van der Waals surface area contributed by atoms with Gasteiger partial charge in [0.15, 0.2) is 0 Å². The summed E-state index contributed by atoms with van der Waals surface area (Å²) < 4.78 is 0.312. The lowest BCUT2D eigenvalue weighted by atomic mass is 10.1. The molecule has 29 heavy (non-hydrogen) atoms. The smallest absolute Gasteiger partial charge is 0.266 e. The summed E-state index contributed by atoms with van der Waals surface area (Å²) in [6.07, 6.45) is 2.17. The van der Waals surface area contributed by atoms with Crippen LogP contribution >= 0.6 is 35.6 Å². The lowest BCUT2D eigenvalue weighted by Gasteiger charge is -2.19. The fourth-order valence-electron chi connectivity index (χ4n) is 2.85.